The molecule has 3 N–H and O–H groups in total. The Morgan fingerprint density at radius 1 is 1.06 bits per heavy atom. The van der Waals surface area contributed by atoms with E-state index >= 15 is 0 Å². The Morgan fingerprint density at radius 3 is 2.39 bits per heavy atom. The van der Waals surface area contributed by atoms with Crippen LogP contribution in [0.4, 0.5) is 0 Å². The zero-order chi connectivity index (χ0) is 25.2. The Balaban J connectivity index is 1.43. The Hall–Kier alpha value is -3.94. The molecule has 0 unspecified atom stereocenters. The molecule has 4 aromatic rings. The van der Waals surface area contributed by atoms with Crippen molar-refractivity contribution in [1.29, 1.82) is 0 Å². The second-order valence-corrected chi connectivity index (χ2v) is 9.39. The van der Waals surface area contributed by atoms with Gasteiger partial charge in [-0.2, -0.15) is 5.10 Å². The predicted molar refractivity (Wildman–Crippen MR) is 141 cm³/mol. The SMILES string of the molecule is COCc1cc2c(cc1C(=O)NCCN(C)C)-c1[nH]nc(-c3ccc(-c4ccc(O)cc4)cc3)c1C2. The van der Waals surface area contributed by atoms with E-state index in [1.165, 1.54) is 0 Å². The van der Waals surface area contributed by atoms with Crippen LogP contribution in [0.5, 0.6) is 5.75 Å². The number of H-pyrrole nitrogens is 1. The summed E-state index contributed by atoms with van der Waals surface area (Å²) in [6, 6.07) is 19.5. The lowest BCUT2D eigenvalue weighted by Crippen LogP contribution is -2.32. The van der Waals surface area contributed by atoms with E-state index in [9.17, 15) is 9.90 Å². The number of rotatable bonds is 8. The topological polar surface area (TPSA) is 90.5 Å². The number of carbonyl (C=O) groups is 1. The van der Waals surface area contributed by atoms with Crippen LogP contribution in [-0.2, 0) is 17.8 Å². The van der Waals surface area contributed by atoms with E-state index in [-0.39, 0.29) is 11.7 Å². The standard InChI is InChI=1S/C29H30N4O3/c1-33(2)13-12-30-29(35)25-16-24-21(14-22(25)17-36-3)15-26-27(31-32-28(24)26)20-6-4-18(5-7-20)19-8-10-23(34)11-9-19/h4-11,14,16,34H,12-13,15,17H2,1-3H3,(H,30,35)(H,31,32). The van der Waals surface area contributed by atoms with Crippen molar-refractivity contribution < 1.29 is 14.6 Å². The monoisotopic (exact) mass is 482 g/mol. The molecule has 7 nitrogen and oxygen atoms in total. The van der Waals surface area contributed by atoms with Gasteiger partial charge >= 0.3 is 0 Å². The van der Waals surface area contributed by atoms with Gasteiger partial charge in [-0.1, -0.05) is 42.5 Å². The molecule has 184 valence electrons. The first kappa shape index (κ1) is 23.8. The third kappa shape index (κ3) is 4.63. The van der Waals surface area contributed by atoms with E-state index in [0.717, 1.165) is 63.3 Å². The lowest BCUT2D eigenvalue weighted by Gasteiger charge is -2.14. The molecule has 1 aliphatic rings. The number of phenols is 1. The van der Waals surface area contributed by atoms with Crippen LogP contribution in [0, 0.1) is 0 Å². The quantitative estimate of drug-likeness (QED) is 0.304. The highest BCUT2D eigenvalue weighted by atomic mass is 16.5. The number of nitrogens with zero attached hydrogens (tertiary/aromatic N) is 2. The van der Waals surface area contributed by atoms with Crippen molar-refractivity contribution in [1.82, 2.24) is 20.4 Å². The van der Waals surface area contributed by atoms with Crippen LogP contribution < -0.4 is 5.32 Å². The first-order valence-corrected chi connectivity index (χ1v) is 12.0. The molecule has 1 aromatic heterocycles. The highest BCUT2D eigenvalue weighted by Crippen LogP contribution is 2.41. The molecule has 0 saturated heterocycles. The molecule has 3 aromatic carbocycles. The number of aromatic amines is 1. The molecule has 1 heterocycles. The summed E-state index contributed by atoms with van der Waals surface area (Å²) in [5.41, 5.74) is 9.87. The van der Waals surface area contributed by atoms with Gasteiger partial charge in [0, 0.05) is 48.9 Å². The number of nitrogens with one attached hydrogen (secondary N) is 2. The van der Waals surface area contributed by atoms with Crippen molar-refractivity contribution in [3.05, 3.63) is 82.9 Å². The van der Waals surface area contributed by atoms with Gasteiger partial charge in [0.2, 0.25) is 0 Å². The van der Waals surface area contributed by atoms with E-state index < -0.39 is 0 Å². The number of ether oxygens (including phenoxy) is 1. The fraction of sp³-hybridized carbons (Fsp3) is 0.241. The first-order chi connectivity index (χ1) is 17.4. The molecule has 36 heavy (non-hydrogen) atoms. The maximum absolute atomic E-state index is 13.0. The Labute approximate surface area is 210 Å². The maximum Gasteiger partial charge on any atom is 0.251 e. The summed E-state index contributed by atoms with van der Waals surface area (Å²) < 4.78 is 5.40. The summed E-state index contributed by atoms with van der Waals surface area (Å²) >= 11 is 0. The van der Waals surface area contributed by atoms with Gasteiger partial charge in [0.05, 0.1) is 18.0 Å². The van der Waals surface area contributed by atoms with Crippen LogP contribution in [-0.4, -0.2) is 60.4 Å². The van der Waals surface area contributed by atoms with Gasteiger partial charge < -0.3 is 20.1 Å². The first-order valence-electron chi connectivity index (χ1n) is 12.0. The average Bonchev–Trinajstić information content (AvgIpc) is 3.43. The van der Waals surface area contributed by atoms with Crippen molar-refractivity contribution in [3.63, 3.8) is 0 Å². The summed E-state index contributed by atoms with van der Waals surface area (Å²) in [6.45, 7) is 1.73. The molecule has 0 aliphatic heterocycles. The molecule has 0 bridgehead atoms. The number of phenolic OH excluding ortho intramolecular Hbond substituents is 1. The number of likely N-dealkylation sites (N-methyl/N-ethyl adjacent to an activating group) is 1. The van der Waals surface area contributed by atoms with Crippen LogP contribution in [0.3, 0.4) is 0 Å². The highest BCUT2D eigenvalue weighted by molar-refractivity contribution is 5.98. The number of carbonyl (C=O) groups excluding carboxylic acids is 1. The minimum atomic E-state index is -0.0929. The second kappa shape index (κ2) is 9.97. The van der Waals surface area contributed by atoms with Gasteiger partial charge in [-0.05, 0) is 54.5 Å². The number of fused-ring (bicyclic) bond motifs is 3. The summed E-state index contributed by atoms with van der Waals surface area (Å²) in [6.07, 6.45) is 0.745. The van der Waals surface area contributed by atoms with Crippen LogP contribution in [0.2, 0.25) is 0 Å². The number of hydrogen-bond acceptors (Lipinski definition) is 5. The number of hydrogen-bond donors (Lipinski definition) is 3. The number of amides is 1. The number of methoxy groups -OCH3 is 1. The summed E-state index contributed by atoms with van der Waals surface area (Å²) in [5, 5.41) is 20.4. The van der Waals surface area contributed by atoms with Crippen LogP contribution in [0.15, 0.2) is 60.7 Å². The van der Waals surface area contributed by atoms with Gasteiger partial charge in [0.25, 0.3) is 5.91 Å². The molecular weight excluding hydrogens is 452 g/mol. The molecule has 0 saturated carbocycles. The molecule has 0 fully saturated rings. The molecule has 1 amide bonds. The van der Waals surface area contributed by atoms with Crippen molar-refractivity contribution in [2.24, 2.45) is 0 Å². The number of benzene rings is 3. The Morgan fingerprint density at radius 2 is 1.72 bits per heavy atom. The van der Waals surface area contributed by atoms with E-state index in [0.29, 0.717) is 18.7 Å². The van der Waals surface area contributed by atoms with Crippen molar-refractivity contribution in [3.8, 4) is 39.4 Å². The second-order valence-electron chi connectivity index (χ2n) is 9.39. The molecule has 0 spiro atoms. The Bertz CT molecular complexity index is 1390. The van der Waals surface area contributed by atoms with Gasteiger partial charge in [0.1, 0.15) is 5.75 Å². The number of aromatic nitrogens is 2. The lowest BCUT2D eigenvalue weighted by atomic mass is 9.99. The van der Waals surface area contributed by atoms with E-state index in [1.54, 1.807) is 19.2 Å². The van der Waals surface area contributed by atoms with Gasteiger partial charge in [-0.25, -0.2) is 0 Å². The van der Waals surface area contributed by atoms with Crippen LogP contribution in [0.25, 0.3) is 33.6 Å². The smallest absolute Gasteiger partial charge is 0.251 e. The lowest BCUT2D eigenvalue weighted by molar-refractivity contribution is 0.0946. The minimum absolute atomic E-state index is 0.0929. The van der Waals surface area contributed by atoms with E-state index in [1.807, 2.05) is 37.2 Å². The van der Waals surface area contributed by atoms with Crippen molar-refractivity contribution >= 4 is 5.91 Å². The zero-order valence-corrected chi connectivity index (χ0v) is 20.8. The summed E-state index contributed by atoms with van der Waals surface area (Å²) in [5.74, 6) is 0.162. The third-order valence-corrected chi connectivity index (χ3v) is 6.58. The molecule has 0 radical (unpaired) electrons. The fourth-order valence-corrected chi connectivity index (χ4v) is 4.71. The zero-order valence-electron chi connectivity index (χ0n) is 20.8. The van der Waals surface area contributed by atoms with Gasteiger partial charge in [-0.3, -0.25) is 9.89 Å². The maximum atomic E-state index is 13.0. The summed E-state index contributed by atoms with van der Waals surface area (Å²) in [4.78, 5) is 15.0. The van der Waals surface area contributed by atoms with Crippen molar-refractivity contribution in [2.75, 3.05) is 34.3 Å². The molecule has 5 rings (SSSR count). The van der Waals surface area contributed by atoms with E-state index in [4.69, 9.17) is 4.74 Å². The largest absolute Gasteiger partial charge is 0.508 e. The van der Waals surface area contributed by atoms with Crippen LogP contribution >= 0.6 is 0 Å². The molecule has 7 heteroatoms. The van der Waals surface area contributed by atoms with Gasteiger partial charge in [0.15, 0.2) is 0 Å². The fourth-order valence-electron chi connectivity index (χ4n) is 4.71. The Kier molecular flexibility index (Phi) is 6.59. The number of aromatic hydroxyl groups is 1. The summed E-state index contributed by atoms with van der Waals surface area (Å²) in [7, 11) is 5.61. The molecular formula is C29H30N4O3. The third-order valence-electron chi connectivity index (χ3n) is 6.58. The van der Waals surface area contributed by atoms with E-state index in [2.05, 4.69) is 45.8 Å². The highest BCUT2D eigenvalue weighted by Gasteiger charge is 2.27. The van der Waals surface area contributed by atoms with Gasteiger partial charge in [-0.15, -0.1) is 0 Å². The van der Waals surface area contributed by atoms with Crippen LogP contribution in [0.1, 0.15) is 27.0 Å². The average molecular weight is 483 g/mol. The normalized spacial score (nSPS) is 12.0. The van der Waals surface area contributed by atoms with Crippen molar-refractivity contribution in [2.45, 2.75) is 13.0 Å². The molecule has 1 aliphatic carbocycles. The predicted octanol–water partition coefficient (Wildman–Crippen LogP) is 4.46. The minimum Gasteiger partial charge on any atom is -0.508 e. The molecule has 0 atom stereocenters.